The van der Waals surface area contributed by atoms with Crippen LogP contribution in [0.15, 0.2) is 27.4 Å². The maximum atomic E-state index is 12.6. The lowest BCUT2D eigenvalue weighted by Crippen LogP contribution is -2.35. The van der Waals surface area contributed by atoms with Gasteiger partial charge in [-0.2, -0.15) is 0 Å². The zero-order chi connectivity index (χ0) is 16.1. The third kappa shape index (κ3) is 2.26. The number of aromatic nitrogens is 1. The number of hydrogen-bond donors (Lipinski definition) is 2. The molecule has 23 heavy (non-hydrogen) atoms. The van der Waals surface area contributed by atoms with E-state index < -0.39 is 11.8 Å². The van der Waals surface area contributed by atoms with E-state index in [1.54, 1.807) is 23.1 Å². The molecule has 2 aliphatic heterocycles. The minimum Gasteiger partial charge on any atom is -0.465 e. The van der Waals surface area contributed by atoms with Gasteiger partial charge in [0.2, 0.25) is 0 Å². The van der Waals surface area contributed by atoms with E-state index in [2.05, 4.69) is 4.98 Å². The summed E-state index contributed by atoms with van der Waals surface area (Å²) in [4.78, 5) is 40.5. The molecule has 2 unspecified atom stereocenters. The van der Waals surface area contributed by atoms with Gasteiger partial charge in [-0.1, -0.05) is 0 Å². The van der Waals surface area contributed by atoms with Gasteiger partial charge in [0.15, 0.2) is 5.58 Å². The van der Waals surface area contributed by atoms with Crippen molar-refractivity contribution in [1.82, 2.24) is 14.8 Å². The van der Waals surface area contributed by atoms with Crippen LogP contribution in [-0.4, -0.2) is 58.1 Å². The van der Waals surface area contributed by atoms with Crippen molar-refractivity contribution in [1.29, 1.82) is 0 Å². The van der Waals surface area contributed by atoms with E-state index in [9.17, 15) is 14.4 Å². The van der Waals surface area contributed by atoms with E-state index in [1.807, 2.05) is 0 Å². The van der Waals surface area contributed by atoms with Crippen LogP contribution in [0.5, 0.6) is 0 Å². The number of nitrogens with one attached hydrogen (secondary N) is 1. The molecule has 2 saturated heterocycles. The van der Waals surface area contributed by atoms with E-state index in [-0.39, 0.29) is 17.7 Å². The topological polar surface area (TPSA) is 107 Å². The number of likely N-dealkylation sites (tertiary alicyclic amines) is 2. The van der Waals surface area contributed by atoms with Crippen molar-refractivity contribution in [3.05, 3.63) is 34.3 Å². The summed E-state index contributed by atoms with van der Waals surface area (Å²) in [6.45, 7) is 2.08. The molecule has 8 nitrogen and oxygen atoms in total. The lowest BCUT2D eigenvalue weighted by Gasteiger charge is -2.20. The Morgan fingerprint density at radius 3 is 2.43 bits per heavy atom. The highest BCUT2D eigenvalue weighted by molar-refractivity contribution is 5.97. The highest BCUT2D eigenvalue weighted by Crippen LogP contribution is 2.32. The van der Waals surface area contributed by atoms with E-state index in [4.69, 9.17) is 9.52 Å². The fraction of sp³-hybridized carbons (Fsp3) is 0.400. The number of H-pyrrole nitrogens is 1. The zero-order valence-electron chi connectivity index (χ0n) is 12.2. The molecule has 0 spiro atoms. The molecule has 2 fully saturated rings. The number of rotatable bonds is 1. The summed E-state index contributed by atoms with van der Waals surface area (Å²) in [5, 5.41) is 9.03. The van der Waals surface area contributed by atoms with Crippen LogP contribution >= 0.6 is 0 Å². The molecule has 2 aliphatic rings. The molecular formula is C15H15N3O5. The molecule has 0 radical (unpaired) electrons. The van der Waals surface area contributed by atoms with Crippen LogP contribution in [0.25, 0.3) is 11.1 Å². The third-order valence-corrected chi connectivity index (χ3v) is 4.71. The van der Waals surface area contributed by atoms with E-state index in [1.165, 1.54) is 4.90 Å². The van der Waals surface area contributed by atoms with Crippen molar-refractivity contribution in [2.75, 3.05) is 26.2 Å². The van der Waals surface area contributed by atoms with Crippen LogP contribution in [0, 0.1) is 11.8 Å². The maximum absolute atomic E-state index is 12.6. The summed E-state index contributed by atoms with van der Waals surface area (Å²) < 4.78 is 4.98. The van der Waals surface area contributed by atoms with Crippen molar-refractivity contribution < 1.29 is 19.1 Å². The Morgan fingerprint density at radius 1 is 1.13 bits per heavy atom. The Hall–Kier alpha value is -2.77. The quantitative estimate of drug-likeness (QED) is 0.809. The van der Waals surface area contributed by atoms with E-state index in [0.29, 0.717) is 42.8 Å². The standard InChI is InChI=1S/C15H15N3O5/c19-13(8-1-2-11-12(3-8)23-14(20)16-11)17-4-9-6-18(15(21)22)7-10(9)5-17/h1-3,9-10H,4-7H2,(H,16,20)(H,21,22). The Labute approximate surface area is 130 Å². The van der Waals surface area contributed by atoms with E-state index in [0.717, 1.165) is 0 Å². The molecule has 0 saturated carbocycles. The number of aromatic amines is 1. The fourth-order valence-corrected chi connectivity index (χ4v) is 3.58. The highest BCUT2D eigenvalue weighted by atomic mass is 16.4. The lowest BCUT2D eigenvalue weighted by molar-refractivity contribution is 0.0774. The van der Waals surface area contributed by atoms with Crippen molar-refractivity contribution in [2.24, 2.45) is 11.8 Å². The summed E-state index contributed by atoms with van der Waals surface area (Å²) in [5.74, 6) is -0.269. The molecule has 2 atom stereocenters. The number of fused-ring (bicyclic) bond motifs is 2. The molecule has 0 aliphatic carbocycles. The molecule has 2 amide bonds. The number of carbonyl (C=O) groups excluding carboxylic acids is 1. The molecule has 1 aromatic carbocycles. The van der Waals surface area contributed by atoms with Crippen molar-refractivity contribution in [3.8, 4) is 0 Å². The fourth-order valence-electron chi connectivity index (χ4n) is 3.58. The first kappa shape index (κ1) is 13.9. The summed E-state index contributed by atoms with van der Waals surface area (Å²) >= 11 is 0. The zero-order valence-corrected chi connectivity index (χ0v) is 12.2. The number of nitrogens with zero attached hydrogens (tertiary/aromatic N) is 2. The minimum atomic E-state index is -0.898. The van der Waals surface area contributed by atoms with Crippen LogP contribution in [-0.2, 0) is 0 Å². The monoisotopic (exact) mass is 317 g/mol. The molecule has 2 N–H and O–H groups in total. The smallest absolute Gasteiger partial charge is 0.417 e. The predicted octanol–water partition coefficient (Wildman–Crippen LogP) is 0.803. The normalized spacial score (nSPS) is 23.5. The summed E-state index contributed by atoms with van der Waals surface area (Å²) in [6.07, 6.45) is -0.898. The van der Waals surface area contributed by atoms with Crippen molar-refractivity contribution >= 4 is 23.1 Å². The number of carboxylic acid groups (broad SMARTS) is 1. The molecule has 8 heteroatoms. The van der Waals surface area contributed by atoms with Gasteiger partial charge in [0.25, 0.3) is 5.91 Å². The first-order chi connectivity index (χ1) is 11.0. The summed E-state index contributed by atoms with van der Waals surface area (Å²) in [6, 6.07) is 4.87. The maximum Gasteiger partial charge on any atom is 0.417 e. The van der Waals surface area contributed by atoms with Gasteiger partial charge in [-0.25, -0.2) is 9.59 Å². The van der Waals surface area contributed by atoms with Crippen LogP contribution in [0.1, 0.15) is 10.4 Å². The van der Waals surface area contributed by atoms with Gasteiger partial charge < -0.3 is 19.3 Å². The van der Waals surface area contributed by atoms with Gasteiger partial charge in [-0.3, -0.25) is 9.78 Å². The minimum absolute atomic E-state index is 0.118. The first-order valence-corrected chi connectivity index (χ1v) is 7.41. The first-order valence-electron chi connectivity index (χ1n) is 7.41. The Balaban J connectivity index is 1.52. The van der Waals surface area contributed by atoms with Gasteiger partial charge in [-0.15, -0.1) is 0 Å². The van der Waals surface area contributed by atoms with Gasteiger partial charge in [0.05, 0.1) is 5.52 Å². The number of amides is 2. The third-order valence-electron chi connectivity index (χ3n) is 4.71. The lowest BCUT2D eigenvalue weighted by atomic mass is 10.0. The van der Waals surface area contributed by atoms with Gasteiger partial charge in [0, 0.05) is 43.6 Å². The molecule has 2 aromatic rings. The van der Waals surface area contributed by atoms with Gasteiger partial charge >= 0.3 is 11.8 Å². The molecule has 4 rings (SSSR count). The number of hydrogen-bond acceptors (Lipinski definition) is 4. The second-order valence-corrected chi connectivity index (χ2v) is 6.14. The highest BCUT2D eigenvalue weighted by Gasteiger charge is 2.43. The van der Waals surface area contributed by atoms with Crippen molar-refractivity contribution in [3.63, 3.8) is 0 Å². The second-order valence-electron chi connectivity index (χ2n) is 6.14. The molecule has 120 valence electrons. The van der Waals surface area contributed by atoms with Crippen LogP contribution < -0.4 is 5.76 Å². The number of benzene rings is 1. The Morgan fingerprint density at radius 2 is 1.78 bits per heavy atom. The Kier molecular flexibility index (Phi) is 2.93. The van der Waals surface area contributed by atoms with E-state index >= 15 is 0 Å². The average Bonchev–Trinajstić information content (AvgIpc) is 3.16. The number of carbonyl (C=O) groups is 2. The number of oxazole rings is 1. The van der Waals surface area contributed by atoms with Crippen molar-refractivity contribution in [2.45, 2.75) is 0 Å². The average molecular weight is 317 g/mol. The second kappa shape index (κ2) is 4.87. The largest absolute Gasteiger partial charge is 0.465 e. The summed E-state index contributed by atoms with van der Waals surface area (Å²) in [7, 11) is 0. The van der Waals surface area contributed by atoms with Crippen LogP contribution in [0.4, 0.5) is 4.79 Å². The summed E-state index contributed by atoms with van der Waals surface area (Å²) in [5.41, 5.74) is 1.38. The SMILES string of the molecule is O=C(O)N1CC2CN(C(=O)c3ccc4[nH]c(=O)oc4c3)CC2C1. The molecule has 3 heterocycles. The molecule has 1 aromatic heterocycles. The van der Waals surface area contributed by atoms with Gasteiger partial charge in [-0.05, 0) is 18.2 Å². The van der Waals surface area contributed by atoms with Crippen LogP contribution in [0.2, 0.25) is 0 Å². The van der Waals surface area contributed by atoms with Gasteiger partial charge in [0.1, 0.15) is 0 Å². The Bertz CT molecular complexity index is 840. The molecule has 0 bridgehead atoms. The predicted molar refractivity (Wildman–Crippen MR) is 79.3 cm³/mol. The van der Waals surface area contributed by atoms with Crippen LogP contribution in [0.3, 0.4) is 0 Å². The molecular weight excluding hydrogens is 302 g/mol.